The predicted octanol–water partition coefficient (Wildman–Crippen LogP) is 2.82. The second kappa shape index (κ2) is 8.00. The van der Waals surface area contributed by atoms with Crippen molar-refractivity contribution in [3.63, 3.8) is 0 Å². The number of likely N-dealkylation sites (tertiary alicyclic amines) is 1. The quantitative estimate of drug-likeness (QED) is 0.694. The molecule has 1 saturated heterocycles. The Kier molecular flexibility index (Phi) is 5.08. The van der Waals surface area contributed by atoms with Crippen LogP contribution in [0.3, 0.4) is 0 Å². The second-order valence-corrected chi connectivity index (χ2v) is 8.62. The van der Waals surface area contributed by atoms with E-state index in [4.69, 9.17) is 14.5 Å². The highest BCUT2D eigenvalue weighted by atomic mass is 32.1. The molecule has 0 radical (unpaired) electrons. The smallest absolute Gasteiger partial charge is 0.279 e. The number of ether oxygens (including phenoxy) is 2. The first kappa shape index (κ1) is 18.4. The van der Waals surface area contributed by atoms with Gasteiger partial charge in [0.05, 0.1) is 16.8 Å². The minimum absolute atomic E-state index is 0.0182. The third kappa shape index (κ3) is 3.93. The molecule has 7 heteroatoms. The molecule has 2 aromatic carbocycles. The van der Waals surface area contributed by atoms with Gasteiger partial charge < -0.3 is 19.7 Å². The summed E-state index contributed by atoms with van der Waals surface area (Å²) in [6, 6.07) is 14.1. The topological polar surface area (TPSA) is 64.9 Å². The van der Waals surface area contributed by atoms with Crippen molar-refractivity contribution in [1.29, 1.82) is 0 Å². The minimum Gasteiger partial charge on any atom is -0.486 e. The number of nitrogens with one attached hydrogen (secondary N) is 2. The molecule has 6 nitrogen and oxygen atoms in total. The molecule has 5 rings (SSSR count). The summed E-state index contributed by atoms with van der Waals surface area (Å²) in [6.07, 6.45) is 3.41. The predicted molar refractivity (Wildman–Crippen MR) is 113 cm³/mol. The Labute approximate surface area is 173 Å². The number of hydrogen-bond donors (Lipinski definition) is 2. The van der Waals surface area contributed by atoms with Crippen LogP contribution in [0, 0.1) is 0 Å². The van der Waals surface area contributed by atoms with Crippen molar-refractivity contribution in [3.05, 3.63) is 47.5 Å². The summed E-state index contributed by atoms with van der Waals surface area (Å²) in [4.78, 5) is 18.9. The Morgan fingerprint density at radius 2 is 2.00 bits per heavy atom. The number of anilines is 1. The van der Waals surface area contributed by atoms with Crippen LogP contribution in [0.25, 0.3) is 10.2 Å². The number of aromatic nitrogens is 1. The Hall–Kier alpha value is -2.64. The number of carbonyl (C=O) groups excluding carboxylic acids is 1. The van der Waals surface area contributed by atoms with Gasteiger partial charge in [0.15, 0.2) is 23.1 Å². The summed E-state index contributed by atoms with van der Waals surface area (Å²) in [6.45, 7) is 2.53. The zero-order valence-corrected chi connectivity index (χ0v) is 17.0. The highest BCUT2D eigenvalue weighted by Crippen LogP contribution is 2.32. The summed E-state index contributed by atoms with van der Waals surface area (Å²) >= 11 is 1.76. The van der Waals surface area contributed by atoms with Crippen molar-refractivity contribution < 1.29 is 19.2 Å². The number of carbonyl (C=O) groups is 1. The van der Waals surface area contributed by atoms with Crippen molar-refractivity contribution in [2.75, 3.05) is 31.6 Å². The van der Waals surface area contributed by atoms with E-state index in [1.807, 2.05) is 24.3 Å². The lowest BCUT2D eigenvalue weighted by Crippen LogP contribution is -3.14. The summed E-state index contributed by atoms with van der Waals surface area (Å²) in [7, 11) is 0. The highest BCUT2D eigenvalue weighted by molar-refractivity contribution is 7.18. The molecule has 29 heavy (non-hydrogen) atoms. The molecule has 2 N–H and O–H groups in total. The van der Waals surface area contributed by atoms with Crippen molar-refractivity contribution in [2.24, 2.45) is 0 Å². The van der Waals surface area contributed by atoms with Crippen molar-refractivity contribution >= 4 is 33.1 Å². The van der Waals surface area contributed by atoms with E-state index in [9.17, 15) is 4.79 Å². The molecule has 0 bridgehead atoms. The second-order valence-electron chi connectivity index (χ2n) is 7.56. The Bertz CT molecular complexity index is 1000. The maximum absolute atomic E-state index is 12.8. The van der Waals surface area contributed by atoms with E-state index in [1.165, 1.54) is 16.0 Å². The summed E-state index contributed by atoms with van der Waals surface area (Å²) in [5, 5.41) is 4.17. The standard InChI is InChI=1S/C22H23N3O3S/c26-21(23-15-8-9-18-19(13-15)28-12-11-27-18)14-25-10-4-3-6-17(25)22-24-16-5-1-2-7-20(16)29-22/h1-2,5,7-9,13,17H,3-4,6,10-12,14H2,(H,23,26)/p+1/t17-/m1/s1. The molecule has 1 aromatic heterocycles. The van der Waals surface area contributed by atoms with Gasteiger partial charge in [0.25, 0.3) is 5.91 Å². The largest absolute Gasteiger partial charge is 0.486 e. The summed E-state index contributed by atoms with van der Waals surface area (Å²) in [5.74, 6) is 1.43. The number of nitrogens with zero attached hydrogens (tertiary/aromatic N) is 1. The first-order chi connectivity index (χ1) is 14.3. The SMILES string of the molecule is O=C(C[NH+]1CCCC[C@@H]1c1nc2ccccc2s1)Nc1ccc2c(c1)OCCO2. The third-order valence-corrected chi connectivity index (χ3v) is 6.71. The molecule has 2 aliphatic rings. The fraction of sp³-hybridized carbons (Fsp3) is 0.364. The van der Waals surface area contributed by atoms with Crippen molar-refractivity contribution in [3.8, 4) is 11.5 Å². The van der Waals surface area contributed by atoms with Crippen LogP contribution in [0.2, 0.25) is 0 Å². The van der Waals surface area contributed by atoms with Crippen LogP contribution < -0.4 is 19.7 Å². The average molecular weight is 411 g/mol. The van der Waals surface area contributed by atoms with E-state index in [2.05, 4.69) is 23.5 Å². The number of amides is 1. The average Bonchev–Trinajstić information content (AvgIpc) is 3.18. The number of para-hydroxylation sites is 1. The monoisotopic (exact) mass is 410 g/mol. The lowest BCUT2D eigenvalue weighted by atomic mass is 10.0. The molecule has 2 aliphatic heterocycles. The van der Waals surface area contributed by atoms with E-state index in [-0.39, 0.29) is 11.9 Å². The van der Waals surface area contributed by atoms with Crippen LogP contribution in [0.15, 0.2) is 42.5 Å². The highest BCUT2D eigenvalue weighted by Gasteiger charge is 2.32. The van der Waals surface area contributed by atoms with Crippen LogP contribution >= 0.6 is 11.3 Å². The van der Waals surface area contributed by atoms with Gasteiger partial charge in [-0.15, -0.1) is 11.3 Å². The fourth-order valence-electron chi connectivity index (χ4n) is 4.16. The van der Waals surface area contributed by atoms with Crippen LogP contribution in [0.5, 0.6) is 11.5 Å². The van der Waals surface area contributed by atoms with Gasteiger partial charge in [0.2, 0.25) is 0 Å². The first-order valence-electron chi connectivity index (χ1n) is 10.2. The van der Waals surface area contributed by atoms with Crippen molar-refractivity contribution in [2.45, 2.75) is 25.3 Å². The Morgan fingerprint density at radius 3 is 2.90 bits per heavy atom. The number of hydrogen-bond acceptors (Lipinski definition) is 5. The van der Waals surface area contributed by atoms with Gasteiger partial charge >= 0.3 is 0 Å². The molecular formula is C22H24N3O3S+. The van der Waals surface area contributed by atoms with Gasteiger partial charge in [-0.25, -0.2) is 4.98 Å². The van der Waals surface area contributed by atoms with Gasteiger partial charge in [-0.05, 0) is 37.1 Å². The molecule has 0 spiro atoms. The minimum atomic E-state index is 0.0182. The van der Waals surface area contributed by atoms with Gasteiger partial charge in [-0.1, -0.05) is 12.1 Å². The number of quaternary nitrogens is 1. The maximum atomic E-state index is 12.8. The number of thiazole rings is 1. The van der Waals surface area contributed by atoms with Gasteiger partial charge in [0.1, 0.15) is 19.3 Å². The van der Waals surface area contributed by atoms with E-state index >= 15 is 0 Å². The molecular weight excluding hydrogens is 386 g/mol. The summed E-state index contributed by atoms with van der Waals surface area (Å²) in [5.41, 5.74) is 1.80. The van der Waals surface area contributed by atoms with Crippen LogP contribution in [0.1, 0.15) is 30.3 Å². The molecule has 1 unspecified atom stereocenters. The molecule has 1 amide bonds. The number of rotatable bonds is 4. The van der Waals surface area contributed by atoms with E-state index in [1.54, 1.807) is 11.3 Å². The lowest BCUT2D eigenvalue weighted by Gasteiger charge is -2.30. The number of benzene rings is 2. The van der Waals surface area contributed by atoms with E-state index in [0.29, 0.717) is 25.5 Å². The fourth-order valence-corrected chi connectivity index (χ4v) is 5.32. The summed E-state index contributed by atoms with van der Waals surface area (Å²) < 4.78 is 12.4. The Balaban J connectivity index is 1.29. The third-order valence-electron chi connectivity index (χ3n) is 5.56. The molecule has 1 fully saturated rings. The van der Waals surface area contributed by atoms with Gasteiger partial charge in [0, 0.05) is 18.2 Å². The molecule has 150 valence electrons. The molecule has 2 atom stereocenters. The maximum Gasteiger partial charge on any atom is 0.279 e. The van der Waals surface area contributed by atoms with Gasteiger partial charge in [-0.3, -0.25) is 4.79 Å². The van der Waals surface area contributed by atoms with Crippen molar-refractivity contribution in [1.82, 2.24) is 4.98 Å². The normalized spacial score (nSPS) is 21.1. The molecule has 3 aromatic rings. The zero-order valence-electron chi connectivity index (χ0n) is 16.1. The first-order valence-corrected chi connectivity index (χ1v) is 11.0. The lowest BCUT2D eigenvalue weighted by molar-refractivity contribution is -0.929. The number of piperidine rings is 1. The Morgan fingerprint density at radius 1 is 1.14 bits per heavy atom. The zero-order chi connectivity index (χ0) is 19.6. The number of fused-ring (bicyclic) bond motifs is 2. The van der Waals surface area contributed by atoms with Crippen LogP contribution in [-0.2, 0) is 4.79 Å². The van der Waals surface area contributed by atoms with E-state index in [0.717, 1.165) is 41.3 Å². The molecule has 0 aliphatic carbocycles. The van der Waals surface area contributed by atoms with Crippen LogP contribution in [0.4, 0.5) is 5.69 Å². The van der Waals surface area contributed by atoms with Crippen LogP contribution in [-0.4, -0.2) is 37.2 Å². The molecule has 3 heterocycles. The van der Waals surface area contributed by atoms with Gasteiger partial charge in [-0.2, -0.15) is 0 Å². The molecule has 0 saturated carbocycles. The van der Waals surface area contributed by atoms with E-state index < -0.39 is 0 Å².